The molecule has 1 aliphatic heterocycles. The van der Waals surface area contributed by atoms with Crippen molar-refractivity contribution in [3.8, 4) is 0 Å². The van der Waals surface area contributed by atoms with E-state index in [1.807, 2.05) is 12.1 Å². The highest BCUT2D eigenvalue weighted by atomic mass is 35.5. The zero-order chi connectivity index (χ0) is 12.8. The van der Waals surface area contributed by atoms with Crippen LogP contribution in [0.2, 0.25) is 5.02 Å². The molecule has 1 aromatic carbocycles. The summed E-state index contributed by atoms with van der Waals surface area (Å²) >= 11 is 5.91. The largest absolute Gasteiger partial charge is 0.378 e. The highest BCUT2D eigenvalue weighted by Crippen LogP contribution is 2.20. The molecule has 100 valence electrons. The molecule has 0 aliphatic carbocycles. The molecule has 0 amide bonds. The predicted octanol–water partition coefficient (Wildman–Crippen LogP) is 3.95. The molecule has 3 heteroatoms. The van der Waals surface area contributed by atoms with Gasteiger partial charge >= 0.3 is 0 Å². The average molecular weight is 268 g/mol. The van der Waals surface area contributed by atoms with E-state index < -0.39 is 0 Å². The van der Waals surface area contributed by atoms with Crippen molar-refractivity contribution >= 4 is 11.6 Å². The predicted molar refractivity (Wildman–Crippen MR) is 76.1 cm³/mol. The van der Waals surface area contributed by atoms with Gasteiger partial charge in [-0.2, -0.15) is 0 Å². The second-order valence-corrected chi connectivity index (χ2v) is 5.33. The van der Waals surface area contributed by atoms with Gasteiger partial charge in [-0.05, 0) is 49.9 Å². The Morgan fingerprint density at radius 2 is 2.17 bits per heavy atom. The maximum absolute atomic E-state index is 5.91. The van der Waals surface area contributed by atoms with E-state index in [1.165, 1.54) is 18.4 Å². The summed E-state index contributed by atoms with van der Waals surface area (Å²) in [5.41, 5.74) is 1.31. The molecular formula is C15H22ClNO. The summed E-state index contributed by atoms with van der Waals surface area (Å²) in [4.78, 5) is 0. The quantitative estimate of drug-likeness (QED) is 0.843. The first-order valence-corrected chi connectivity index (χ1v) is 7.28. The number of benzene rings is 1. The first-order valence-electron chi connectivity index (χ1n) is 6.90. The first kappa shape index (κ1) is 13.9. The maximum Gasteiger partial charge on any atom is 0.0588 e. The number of hydrogen-bond donors (Lipinski definition) is 1. The van der Waals surface area contributed by atoms with E-state index in [0.717, 1.165) is 31.0 Å². The Labute approximate surface area is 115 Å². The Morgan fingerprint density at radius 3 is 2.78 bits per heavy atom. The third kappa shape index (κ3) is 3.98. The normalized spacial score (nSPS) is 21.1. The lowest BCUT2D eigenvalue weighted by atomic mass is 10.0. The van der Waals surface area contributed by atoms with Crippen molar-refractivity contribution in [1.29, 1.82) is 0 Å². The van der Waals surface area contributed by atoms with Gasteiger partial charge in [0.1, 0.15) is 0 Å². The van der Waals surface area contributed by atoms with Crippen molar-refractivity contribution in [2.75, 3.05) is 13.2 Å². The Bertz CT molecular complexity index is 346. The Morgan fingerprint density at radius 1 is 1.39 bits per heavy atom. The molecule has 0 aromatic heterocycles. The van der Waals surface area contributed by atoms with Crippen LogP contribution < -0.4 is 5.32 Å². The highest BCUT2D eigenvalue weighted by molar-refractivity contribution is 6.30. The van der Waals surface area contributed by atoms with Crippen LogP contribution in [0.3, 0.4) is 0 Å². The highest BCUT2D eigenvalue weighted by Gasteiger charge is 2.15. The summed E-state index contributed by atoms with van der Waals surface area (Å²) in [6.07, 6.45) is 5.12. The van der Waals surface area contributed by atoms with E-state index in [1.54, 1.807) is 0 Å². The lowest BCUT2D eigenvalue weighted by molar-refractivity contribution is 0.103. The van der Waals surface area contributed by atoms with Crippen molar-refractivity contribution < 1.29 is 4.74 Å². The van der Waals surface area contributed by atoms with Crippen molar-refractivity contribution in [1.82, 2.24) is 5.32 Å². The monoisotopic (exact) mass is 267 g/mol. The number of nitrogens with one attached hydrogen (secondary N) is 1. The minimum Gasteiger partial charge on any atom is -0.378 e. The van der Waals surface area contributed by atoms with Crippen LogP contribution in [-0.4, -0.2) is 19.3 Å². The van der Waals surface area contributed by atoms with E-state index >= 15 is 0 Å². The molecule has 2 unspecified atom stereocenters. The Balaban J connectivity index is 1.79. The van der Waals surface area contributed by atoms with Crippen LogP contribution in [-0.2, 0) is 4.74 Å². The summed E-state index contributed by atoms with van der Waals surface area (Å²) in [7, 11) is 0. The molecule has 0 bridgehead atoms. The fourth-order valence-electron chi connectivity index (χ4n) is 2.48. The first-order chi connectivity index (χ1) is 8.79. The van der Waals surface area contributed by atoms with Crippen molar-refractivity contribution in [2.45, 2.75) is 44.8 Å². The lowest BCUT2D eigenvalue weighted by Crippen LogP contribution is -2.24. The van der Waals surface area contributed by atoms with Gasteiger partial charge in [0.05, 0.1) is 6.10 Å². The molecule has 1 saturated heterocycles. The molecule has 2 rings (SSSR count). The zero-order valence-electron chi connectivity index (χ0n) is 11.0. The van der Waals surface area contributed by atoms with Crippen LogP contribution in [0.25, 0.3) is 0 Å². The molecule has 1 aromatic rings. The van der Waals surface area contributed by atoms with Crippen LogP contribution in [0.1, 0.15) is 44.2 Å². The molecule has 0 spiro atoms. The van der Waals surface area contributed by atoms with Crippen LogP contribution in [0.5, 0.6) is 0 Å². The molecule has 1 N–H and O–H groups in total. The Kier molecular flexibility index (Phi) is 5.48. The van der Waals surface area contributed by atoms with Crippen LogP contribution in [0.4, 0.5) is 0 Å². The third-order valence-corrected chi connectivity index (χ3v) is 3.81. The lowest BCUT2D eigenvalue weighted by Gasteiger charge is -2.19. The van der Waals surface area contributed by atoms with Gasteiger partial charge in [0, 0.05) is 17.7 Å². The molecule has 1 aliphatic rings. The number of ether oxygens (including phenoxy) is 1. The minimum atomic E-state index is 0.420. The summed E-state index contributed by atoms with van der Waals surface area (Å²) in [5.74, 6) is 0. The van der Waals surface area contributed by atoms with Gasteiger partial charge in [-0.1, -0.05) is 30.7 Å². The smallest absolute Gasteiger partial charge is 0.0588 e. The number of hydrogen-bond acceptors (Lipinski definition) is 2. The Hall–Kier alpha value is -0.570. The molecule has 1 fully saturated rings. The van der Waals surface area contributed by atoms with E-state index in [-0.39, 0.29) is 0 Å². The van der Waals surface area contributed by atoms with Gasteiger partial charge in [0.25, 0.3) is 0 Å². The van der Waals surface area contributed by atoms with Gasteiger partial charge in [0.15, 0.2) is 0 Å². The van der Waals surface area contributed by atoms with Gasteiger partial charge in [-0.25, -0.2) is 0 Å². The number of halogens is 1. The molecule has 0 radical (unpaired) electrons. The van der Waals surface area contributed by atoms with Gasteiger partial charge in [0.2, 0.25) is 0 Å². The summed E-state index contributed by atoms with van der Waals surface area (Å²) < 4.78 is 5.63. The van der Waals surface area contributed by atoms with Crippen LogP contribution in [0.15, 0.2) is 24.3 Å². The minimum absolute atomic E-state index is 0.420. The van der Waals surface area contributed by atoms with Crippen molar-refractivity contribution in [3.63, 3.8) is 0 Å². The van der Waals surface area contributed by atoms with E-state index in [0.29, 0.717) is 12.1 Å². The molecule has 2 atom stereocenters. The third-order valence-electron chi connectivity index (χ3n) is 3.56. The maximum atomic E-state index is 5.91. The van der Waals surface area contributed by atoms with Gasteiger partial charge in [-0.15, -0.1) is 0 Å². The van der Waals surface area contributed by atoms with Crippen molar-refractivity contribution in [2.24, 2.45) is 0 Å². The van der Waals surface area contributed by atoms with E-state index in [2.05, 4.69) is 24.4 Å². The summed E-state index contributed by atoms with van der Waals surface area (Å²) in [6, 6.07) is 8.55. The number of rotatable bonds is 6. The van der Waals surface area contributed by atoms with Crippen LogP contribution >= 0.6 is 11.6 Å². The standard InChI is InChI=1S/C15H22ClNO/c1-2-15(12-5-7-13(16)8-6-12)17-10-9-14-4-3-11-18-14/h5-8,14-15,17H,2-4,9-11H2,1H3. The topological polar surface area (TPSA) is 21.3 Å². The van der Waals surface area contributed by atoms with Gasteiger partial charge < -0.3 is 10.1 Å². The second-order valence-electron chi connectivity index (χ2n) is 4.89. The van der Waals surface area contributed by atoms with Crippen LogP contribution in [0, 0.1) is 0 Å². The SMILES string of the molecule is CCC(NCCC1CCCO1)c1ccc(Cl)cc1. The molecule has 1 heterocycles. The molecular weight excluding hydrogens is 246 g/mol. The van der Waals surface area contributed by atoms with Gasteiger partial charge in [-0.3, -0.25) is 0 Å². The fraction of sp³-hybridized carbons (Fsp3) is 0.600. The molecule has 2 nitrogen and oxygen atoms in total. The summed E-state index contributed by atoms with van der Waals surface area (Å²) in [6.45, 7) is 4.17. The second kappa shape index (κ2) is 7.13. The summed E-state index contributed by atoms with van der Waals surface area (Å²) in [5, 5.41) is 4.41. The molecule has 0 saturated carbocycles. The van der Waals surface area contributed by atoms with E-state index in [4.69, 9.17) is 16.3 Å². The zero-order valence-corrected chi connectivity index (χ0v) is 11.7. The fourth-order valence-corrected chi connectivity index (χ4v) is 2.61. The van der Waals surface area contributed by atoms with Crippen molar-refractivity contribution in [3.05, 3.63) is 34.9 Å². The molecule has 18 heavy (non-hydrogen) atoms. The average Bonchev–Trinajstić information content (AvgIpc) is 2.89. The van der Waals surface area contributed by atoms with E-state index in [9.17, 15) is 0 Å².